The summed E-state index contributed by atoms with van der Waals surface area (Å²) >= 11 is 7.85. The fourth-order valence-electron chi connectivity index (χ4n) is 4.51. The lowest BCUT2D eigenvalue weighted by Crippen LogP contribution is -2.37. The lowest BCUT2D eigenvalue weighted by atomic mass is 10.1. The molecule has 5 rings (SSSR count). The number of morpholine rings is 1. The van der Waals surface area contributed by atoms with Crippen molar-refractivity contribution in [3.63, 3.8) is 0 Å². The number of benzene rings is 1. The Morgan fingerprint density at radius 1 is 1.24 bits per heavy atom. The van der Waals surface area contributed by atoms with E-state index in [1.54, 1.807) is 0 Å². The molecule has 0 bridgehead atoms. The molecule has 1 unspecified atom stereocenters. The summed E-state index contributed by atoms with van der Waals surface area (Å²) in [5.41, 5.74) is 8.11. The number of rotatable bonds is 11. The minimum atomic E-state index is -0.417. The van der Waals surface area contributed by atoms with Gasteiger partial charge in [-0.25, -0.2) is 4.98 Å². The Labute approximate surface area is 230 Å². The number of hydrogen-bond donors (Lipinski definition) is 1. The standard InChI is InChI=1S/C28H31ClN4O4S/c1-19(21-5-2-3-6-22(21)29)37-24-15-25(38-26(24)16-27(30)34)23-17-31-28-8-7-20(18-33(23)28)36-12-4-9-32-10-13-35-14-11-32/h2-3,5-8,15,17-19H,4,9-14,16H2,1H3,(H2,30,34). The van der Waals surface area contributed by atoms with Gasteiger partial charge in [0.25, 0.3) is 0 Å². The van der Waals surface area contributed by atoms with Crippen LogP contribution in [0.25, 0.3) is 16.2 Å². The van der Waals surface area contributed by atoms with E-state index in [1.165, 1.54) is 11.3 Å². The maximum atomic E-state index is 11.8. The SMILES string of the molecule is CC(Oc1cc(-c2cnc3ccc(OCCCN4CCOCC4)cn23)sc1CC(N)=O)c1ccccc1Cl. The molecule has 1 amide bonds. The van der Waals surface area contributed by atoms with Gasteiger partial charge in [0, 0.05) is 36.3 Å². The van der Waals surface area contributed by atoms with Crippen LogP contribution in [-0.4, -0.2) is 59.6 Å². The number of hydrogen-bond acceptors (Lipinski definition) is 7. The molecule has 0 radical (unpaired) electrons. The number of primary amides is 1. The van der Waals surface area contributed by atoms with Crippen LogP contribution in [0.1, 0.15) is 29.9 Å². The quantitative estimate of drug-likeness (QED) is 0.263. The molecule has 0 aliphatic carbocycles. The molecule has 4 aromatic rings. The van der Waals surface area contributed by atoms with Gasteiger partial charge in [-0.15, -0.1) is 11.3 Å². The Morgan fingerprint density at radius 2 is 2.05 bits per heavy atom. The van der Waals surface area contributed by atoms with Crippen LogP contribution in [0.2, 0.25) is 5.02 Å². The van der Waals surface area contributed by atoms with Crippen molar-refractivity contribution in [3.05, 3.63) is 70.3 Å². The van der Waals surface area contributed by atoms with E-state index in [0.717, 1.165) is 71.7 Å². The number of thiophene rings is 1. The molecule has 200 valence electrons. The largest absolute Gasteiger partial charge is 0.492 e. The second kappa shape index (κ2) is 12.2. The minimum absolute atomic E-state index is 0.0868. The Balaban J connectivity index is 1.34. The van der Waals surface area contributed by atoms with Gasteiger partial charge in [0.05, 0.1) is 54.1 Å². The topological polar surface area (TPSA) is 91.3 Å². The predicted molar refractivity (Wildman–Crippen MR) is 149 cm³/mol. The zero-order valence-electron chi connectivity index (χ0n) is 21.3. The molecule has 10 heteroatoms. The third kappa shape index (κ3) is 6.30. The number of amides is 1. The van der Waals surface area contributed by atoms with E-state index in [4.69, 9.17) is 31.5 Å². The molecule has 3 aromatic heterocycles. The van der Waals surface area contributed by atoms with Gasteiger partial charge in [0.15, 0.2) is 0 Å². The van der Waals surface area contributed by atoms with E-state index < -0.39 is 5.91 Å². The molecule has 1 aromatic carbocycles. The van der Waals surface area contributed by atoms with Crippen molar-refractivity contribution >= 4 is 34.5 Å². The van der Waals surface area contributed by atoms with Crippen molar-refractivity contribution in [2.45, 2.75) is 25.9 Å². The third-order valence-corrected chi connectivity index (χ3v) is 7.96. The van der Waals surface area contributed by atoms with Crippen molar-refractivity contribution in [2.75, 3.05) is 39.5 Å². The highest BCUT2D eigenvalue weighted by molar-refractivity contribution is 7.15. The number of carbonyl (C=O) groups is 1. The summed E-state index contributed by atoms with van der Waals surface area (Å²) < 4.78 is 19.8. The van der Waals surface area contributed by atoms with Crippen molar-refractivity contribution in [3.8, 4) is 22.1 Å². The maximum absolute atomic E-state index is 11.8. The van der Waals surface area contributed by atoms with Crippen molar-refractivity contribution in [1.82, 2.24) is 14.3 Å². The normalized spacial score (nSPS) is 15.0. The fourth-order valence-corrected chi connectivity index (χ4v) is 5.91. The van der Waals surface area contributed by atoms with Gasteiger partial charge >= 0.3 is 0 Å². The zero-order valence-corrected chi connectivity index (χ0v) is 22.8. The van der Waals surface area contributed by atoms with Crippen LogP contribution >= 0.6 is 22.9 Å². The van der Waals surface area contributed by atoms with Crippen molar-refractivity contribution < 1.29 is 19.0 Å². The number of aromatic nitrogens is 2. The first kappa shape index (κ1) is 26.5. The number of carbonyl (C=O) groups excluding carboxylic acids is 1. The Hall–Kier alpha value is -3.11. The Morgan fingerprint density at radius 3 is 2.84 bits per heavy atom. The van der Waals surface area contributed by atoms with E-state index in [-0.39, 0.29) is 12.5 Å². The molecule has 1 aliphatic rings. The second-order valence-corrected chi connectivity index (χ2v) is 10.8. The average Bonchev–Trinajstić information content (AvgIpc) is 3.50. The summed E-state index contributed by atoms with van der Waals surface area (Å²) in [5, 5.41) is 0.631. The van der Waals surface area contributed by atoms with E-state index in [1.807, 2.05) is 66.2 Å². The zero-order chi connectivity index (χ0) is 26.5. The van der Waals surface area contributed by atoms with Crippen LogP contribution in [0, 0.1) is 0 Å². The average molecular weight is 555 g/mol. The summed E-state index contributed by atoms with van der Waals surface area (Å²) in [4.78, 5) is 20.5. The van der Waals surface area contributed by atoms with Crippen molar-refractivity contribution in [2.24, 2.45) is 5.73 Å². The van der Waals surface area contributed by atoms with Crippen LogP contribution in [-0.2, 0) is 16.0 Å². The van der Waals surface area contributed by atoms with E-state index >= 15 is 0 Å². The lowest BCUT2D eigenvalue weighted by Gasteiger charge is -2.26. The second-order valence-electron chi connectivity index (χ2n) is 9.22. The highest BCUT2D eigenvalue weighted by atomic mass is 35.5. The molecule has 2 N–H and O–H groups in total. The monoisotopic (exact) mass is 554 g/mol. The van der Waals surface area contributed by atoms with Crippen LogP contribution in [0.3, 0.4) is 0 Å². The number of halogens is 1. The first-order valence-corrected chi connectivity index (χ1v) is 13.9. The fraction of sp³-hybridized carbons (Fsp3) is 0.357. The highest BCUT2D eigenvalue weighted by Gasteiger charge is 2.20. The summed E-state index contributed by atoms with van der Waals surface area (Å²) in [6, 6.07) is 13.4. The van der Waals surface area contributed by atoms with Gasteiger partial charge in [0.2, 0.25) is 5.91 Å². The summed E-state index contributed by atoms with van der Waals surface area (Å²) in [7, 11) is 0. The first-order chi connectivity index (χ1) is 18.5. The van der Waals surface area contributed by atoms with Gasteiger partial charge in [-0.3, -0.25) is 14.1 Å². The maximum Gasteiger partial charge on any atom is 0.222 e. The number of nitrogens with two attached hydrogens (primary N) is 1. The summed E-state index contributed by atoms with van der Waals surface area (Å²) in [5.74, 6) is 0.970. The van der Waals surface area contributed by atoms with Crippen LogP contribution in [0.15, 0.2) is 54.9 Å². The molecular weight excluding hydrogens is 524 g/mol. The van der Waals surface area contributed by atoms with Crippen LogP contribution in [0.5, 0.6) is 11.5 Å². The molecule has 8 nitrogen and oxygen atoms in total. The molecule has 1 saturated heterocycles. The molecular formula is C28H31ClN4O4S. The highest BCUT2D eigenvalue weighted by Crippen LogP contribution is 2.39. The number of pyridine rings is 1. The van der Waals surface area contributed by atoms with Gasteiger partial charge < -0.3 is 19.9 Å². The van der Waals surface area contributed by atoms with E-state index in [0.29, 0.717) is 17.4 Å². The molecule has 4 heterocycles. The first-order valence-electron chi connectivity index (χ1n) is 12.7. The molecule has 0 spiro atoms. The van der Waals surface area contributed by atoms with Crippen LogP contribution < -0.4 is 15.2 Å². The lowest BCUT2D eigenvalue weighted by molar-refractivity contribution is -0.117. The van der Waals surface area contributed by atoms with Gasteiger partial charge in [-0.1, -0.05) is 29.8 Å². The number of imidazole rings is 1. The summed E-state index contributed by atoms with van der Waals surface area (Å²) in [6.45, 7) is 7.12. The third-order valence-electron chi connectivity index (χ3n) is 6.47. The van der Waals surface area contributed by atoms with Crippen LogP contribution in [0.4, 0.5) is 0 Å². The van der Waals surface area contributed by atoms with Gasteiger partial charge in [0.1, 0.15) is 23.3 Å². The molecule has 38 heavy (non-hydrogen) atoms. The molecule has 0 saturated carbocycles. The van der Waals surface area contributed by atoms with Crippen molar-refractivity contribution in [1.29, 1.82) is 0 Å². The summed E-state index contributed by atoms with van der Waals surface area (Å²) in [6.07, 6.45) is 4.49. The van der Waals surface area contributed by atoms with E-state index in [2.05, 4.69) is 9.88 Å². The molecule has 1 aliphatic heterocycles. The smallest absolute Gasteiger partial charge is 0.222 e. The predicted octanol–water partition coefficient (Wildman–Crippen LogP) is 4.99. The Kier molecular flexibility index (Phi) is 8.48. The minimum Gasteiger partial charge on any atom is -0.492 e. The number of nitrogens with zero attached hydrogens (tertiary/aromatic N) is 3. The van der Waals surface area contributed by atoms with Gasteiger partial charge in [-0.2, -0.15) is 0 Å². The van der Waals surface area contributed by atoms with E-state index in [9.17, 15) is 4.79 Å². The number of fused-ring (bicyclic) bond motifs is 1. The molecule has 1 fully saturated rings. The molecule has 1 atom stereocenters. The Bertz CT molecular complexity index is 1400. The van der Waals surface area contributed by atoms with Gasteiger partial charge in [-0.05, 0) is 31.5 Å². The number of ether oxygens (including phenoxy) is 3.